The summed E-state index contributed by atoms with van der Waals surface area (Å²) in [5.41, 5.74) is 0.475. The van der Waals surface area contributed by atoms with Gasteiger partial charge in [0, 0.05) is 26.7 Å². The van der Waals surface area contributed by atoms with Crippen LogP contribution in [0.1, 0.15) is 5.56 Å². The van der Waals surface area contributed by atoms with Crippen molar-refractivity contribution in [3.05, 3.63) is 97.6 Å². The molecule has 0 bridgehead atoms. The number of fused-ring (bicyclic) bond motifs is 1. The van der Waals surface area contributed by atoms with Gasteiger partial charge in [-0.15, -0.1) is 0 Å². The molecule has 1 aromatic carbocycles. The third-order valence-electron chi connectivity index (χ3n) is 5.43. The molecule has 10 nitrogen and oxygen atoms in total. The van der Waals surface area contributed by atoms with E-state index in [-0.39, 0.29) is 29.2 Å². The van der Waals surface area contributed by atoms with Crippen LogP contribution in [0.2, 0.25) is 0 Å². The molecule has 10 heteroatoms. The Kier molecular flexibility index (Phi) is 4.82. The number of hydrogen-bond donors (Lipinski definition) is 1. The van der Waals surface area contributed by atoms with Crippen molar-refractivity contribution in [2.45, 2.75) is 6.54 Å². The number of hydrogen-bond acceptors (Lipinski definition) is 5. The van der Waals surface area contributed by atoms with E-state index in [1.54, 1.807) is 16.7 Å². The van der Waals surface area contributed by atoms with Crippen molar-refractivity contribution in [1.82, 2.24) is 28.5 Å². The molecule has 0 spiro atoms. The van der Waals surface area contributed by atoms with E-state index in [4.69, 9.17) is 4.42 Å². The number of aromatic nitrogens is 6. The molecule has 0 amide bonds. The Bertz CT molecular complexity index is 1660. The summed E-state index contributed by atoms with van der Waals surface area (Å²) in [4.78, 5) is 42.8. The van der Waals surface area contributed by atoms with Gasteiger partial charge in [-0.05, 0) is 17.7 Å². The van der Waals surface area contributed by atoms with Crippen LogP contribution in [0.5, 0.6) is 0 Å². The average Bonchev–Trinajstić information content (AvgIpc) is 3.56. The topological polar surface area (TPSA) is 113 Å². The van der Waals surface area contributed by atoms with E-state index >= 15 is 0 Å². The molecule has 1 N–H and O–H groups in total. The van der Waals surface area contributed by atoms with Crippen molar-refractivity contribution in [2.75, 3.05) is 0 Å². The van der Waals surface area contributed by atoms with E-state index in [0.29, 0.717) is 11.5 Å². The molecule has 33 heavy (non-hydrogen) atoms. The van der Waals surface area contributed by atoms with Gasteiger partial charge in [-0.2, -0.15) is 9.67 Å². The lowest BCUT2D eigenvalue weighted by molar-refractivity contribution is 0.578. The maximum atomic E-state index is 13.0. The predicted molar refractivity (Wildman–Crippen MR) is 123 cm³/mol. The quantitative estimate of drug-likeness (QED) is 0.445. The van der Waals surface area contributed by atoms with E-state index < -0.39 is 11.2 Å². The van der Waals surface area contributed by atoms with Gasteiger partial charge in [0.2, 0.25) is 5.95 Å². The van der Waals surface area contributed by atoms with Crippen molar-refractivity contribution in [2.24, 2.45) is 14.1 Å². The number of benzene rings is 1. The number of allylic oxidation sites excluding steroid dienone is 1. The first-order chi connectivity index (χ1) is 16.0. The molecule has 0 unspecified atom stereocenters. The highest BCUT2D eigenvalue weighted by Crippen LogP contribution is 2.18. The second kappa shape index (κ2) is 7.83. The zero-order chi connectivity index (χ0) is 23.1. The van der Waals surface area contributed by atoms with Crippen molar-refractivity contribution in [1.29, 1.82) is 0 Å². The predicted octanol–water partition coefficient (Wildman–Crippen LogP) is 1.89. The number of aryl methyl sites for hydroxylation is 1. The van der Waals surface area contributed by atoms with Crippen LogP contribution in [-0.4, -0.2) is 28.5 Å². The highest BCUT2D eigenvalue weighted by molar-refractivity contribution is 5.73. The lowest BCUT2D eigenvalue weighted by Crippen LogP contribution is -2.37. The Labute approximate surface area is 186 Å². The molecule has 166 valence electrons. The van der Waals surface area contributed by atoms with E-state index in [1.165, 1.54) is 35.7 Å². The largest absolute Gasteiger partial charge is 0.463 e. The van der Waals surface area contributed by atoms with E-state index in [9.17, 15) is 14.4 Å². The highest BCUT2D eigenvalue weighted by atomic mass is 16.3. The number of nitrogens with one attached hydrogen (secondary N) is 1. The lowest BCUT2D eigenvalue weighted by Gasteiger charge is -2.07. The number of nitrogens with zero attached hydrogens (tertiary/aromatic N) is 5. The summed E-state index contributed by atoms with van der Waals surface area (Å²) in [6, 6.07) is 14.5. The van der Waals surface area contributed by atoms with Gasteiger partial charge in [0.15, 0.2) is 16.9 Å². The zero-order valence-electron chi connectivity index (χ0n) is 17.9. The van der Waals surface area contributed by atoms with Gasteiger partial charge in [-0.1, -0.05) is 42.5 Å². The molecular formula is C23H20N6O4. The maximum Gasteiger partial charge on any atom is 0.332 e. The number of rotatable bonds is 5. The fourth-order valence-electron chi connectivity index (χ4n) is 3.74. The first-order valence-electron chi connectivity index (χ1n) is 10.2. The van der Waals surface area contributed by atoms with Gasteiger partial charge in [0.25, 0.3) is 11.1 Å². The van der Waals surface area contributed by atoms with E-state index in [2.05, 4.69) is 10.1 Å². The van der Waals surface area contributed by atoms with E-state index in [0.717, 1.165) is 10.1 Å². The molecule has 0 saturated carbocycles. The molecule has 0 aliphatic heterocycles. The molecule has 0 atom stereocenters. The first-order valence-corrected chi connectivity index (χ1v) is 10.2. The summed E-state index contributed by atoms with van der Waals surface area (Å²) in [6.07, 6.45) is 5.29. The van der Waals surface area contributed by atoms with Crippen LogP contribution in [0.25, 0.3) is 34.6 Å². The molecule has 0 fully saturated rings. The summed E-state index contributed by atoms with van der Waals surface area (Å²) in [5, 5.41) is 2.98. The van der Waals surface area contributed by atoms with E-state index in [1.807, 2.05) is 42.5 Å². The number of furan rings is 1. The summed E-state index contributed by atoms with van der Waals surface area (Å²) in [7, 11) is 2.95. The van der Waals surface area contributed by atoms with Crippen molar-refractivity contribution in [3.63, 3.8) is 0 Å². The molecular weight excluding hydrogens is 424 g/mol. The fraction of sp³-hybridized carbons (Fsp3) is 0.130. The molecule has 5 rings (SSSR count). The van der Waals surface area contributed by atoms with Crippen LogP contribution in [-0.2, 0) is 20.6 Å². The second-order valence-corrected chi connectivity index (χ2v) is 7.53. The zero-order valence-corrected chi connectivity index (χ0v) is 17.9. The molecule has 4 aromatic heterocycles. The monoisotopic (exact) mass is 444 g/mol. The third kappa shape index (κ3) is 3.37. The highest BCUT2D eigenvalue weighted by Gasteiger charge is 2.21. The Morgan fingerprint density at radius 2 is 1.82 bits per heavy atom. The van der Waals surface area contributed by atoms with Crippen molar-refractivity contribution >= 4 is 17.2 Å². The molecule has 0 aliphatic rings. The van der Waals surface area contributed by atoms with Gasteiger partial charge in [0.1, 0.15) is 5.69 Å². The minimum absolute atomic E-state index is 0.184. The average molecular weight is 444 g/mol. The normalized spacial score (nSPS) is 11.7. The molecule has 0 aliphatic carbocycles. The van der Waals surface area contributed by atoms with Crippen molar-refractivity contribution in [3.8, 4) is 17.4 Å². The number of H-pyrrole nitrogens is 1. The van der Waals surface area contributed by atoms with Gasteiger partial charge >= 0.3 is 5.69 Å². The van der Waals surface area contributed by atoms with Crippen LogP contribution in [0.4, 0.5) is 0 Å². The summed E-state index contributed by atoms with van der Waals surface area (Å²) < 4.78 is 10.5. The summed E-state index contributed by atoms with van der Waals surface area (Å²) in [5.74, 6) is 0.671. The molecule has 4 heterocycles. The SMILES string of the molecule is Cn1c(=O)c2c(nc(-n3[nH]c(-c4ccco4)cc3=O)n2C/C=C\c2ccccc2)n(C)c1=O. The van der Waals surface area contributed by atoms with Crippen LogP contribution in [0.3, 0.4) is 0 Å². The summed E-state index contributed by atoms with van der Waals surface area (Å²) >= 11 is 0. The Balaban J connectivity index is 1.72. The molecule has 0 radical (unpaired) electrons. The van der Waals surface area contributed by atoms with Gasteiger partial charge in [-0.3, -0.25) is 28.4 Å². The number of aromatic amines is 1. The smallest absolute Gasteiger partial charge is 0.332 e. The van der Waals surface area contributed by atoms with Crippen LogP contribution in [0.15, 0.2) is 79.7 Å². The van der Waals surface area contributed by atoms with Gasteiger partial charge < -0.3 is 4.42 Å². The minimum Gasteiger partial charge on any atom is -0.463 e. The van der Waals surface area contributed by atoms with Crippen molar-refractivity contribution < 1.29 is 4.42 Å². The van der Waals surface area contributed by atoms with Gasteiger partial charge in [-0.25, -0.2) is 4.79 Å². The Morgan fingerprint density at radius 1 is 1.03 bits per heavy atom. The standard InChI is InChI=1S/C23H20N6O4/c1-26-20-19(21(31)27(2)23(26)32)28(12-6-10-15-8-4-3-5-9-15)22(24-20)29-18(30)14-16(25-29)17-11-7-13-33-17/h3-11,13-14,25H,12H2,1-2H3/b10-6-. The van der Waals surface area contributed by atoms with Crippen LogP contribution >= 0.6 is 0 Å². The number of imidazole rings is 1. The fourth-order valence-corrected chi connectivity index (χ4v) is 3.74. The summed E-state index contributed by atoms with van der Waals surface area (Å²) in [6.45, 7) is 0.246. The Hall–Kier alpha value is -4.60. The second-order valence-electron chi connectivity index (χ2n) is 7.53. The first kappa shape index (κ1) is 20.3. The van der Waals surface area contributed by atoms with Crippen LogP contribution < -0.4 is 16.8 Å². The lowest BCUT2D eigenvalue weighted by atomic mass is 10.2. The molecule has 0 saturated heterocycles. The molecule has 5 aromatic rings. The minimum atomic E-state index is -0.501. The maximum absolute atomic E-state index is 13.0. The third-order valence-corrected chi connectivity index (χ3v) is 5.43. The Morgan fingerprint density at radius 3 is 2.55 bits per heavy atom. The van der Waals surface area contributed by atoms with Crippen LogP contribution in [0, 0.1) is 0 Å². The van der Waals surface area contributed by atoms with Gasteiger partial charge in [0.05, 0.1) is 6.26 Å².